The Morgan fingerprint density at radius 2 is 1.60 bits per heavy atom. The Hall–Kier alpha value is -2.85. The fourth-order valence-electron chi connectivity index (χ4n) is 5.33. The first-order chi connectivity index (χ1) is 17.2. The van der Waals surface area contributed by atoms with Gasteiger partial charge in [-0.15, -0.1) is 6.58 Å². The van der Waals surface area contributed by atoms with Crippen LogP contribution in [0.3, 0.4) is 0 Å². The van der Waals surface area contributed by atoms with Crippen molar-refractivity contribution in [3.63, 3.8) is 0 Å². The highest BCUT2D eigenvalue weighted by molar-refractivity contribution is 5.85. The van der Waals surface area contributed by atoms with Crippen LogP contribution in [0.1, 0.15) is 87.0 Å². The SMILES string of the molecule is C=CC1CCC(CCc2ccc(C#Cc3ccc4c(F)c(CCCCCC)ccc4c3)cc2)CC1. The van der Waals surface area contributed by atoms with E-state index in [2.05, 4.69) is 55.7 Å². The molecule has 35 heavy (non-hydrogen) atoms. The van der Waals surface area contributed by atoms with Gasteiger partial charge >= 0.3 is 0 Å². The molecule has 3 aromatic carbocycles. The second-order valence-corrected chi connectivity index (χ2v) is 10.3. The van der Waals surface area contributed by atoms with Gasteiger partial charge in [-0.3, -0.25) is 0 Å². The van der Waals surface area contributed by atoms with E-state index in [1.807, 2.05) is 30.3 Å². The largest absolute Gasteiger partial charge is 0.206 e. The van der Waals surface area contributed by atoms with Crippen LogP contribution in [0.15, 0.2) is 67.3 Å². The number of fused-ring (bicyclic) bond motifs is 1. The summed E-state index contributed by atoms with van der Waals surface area (Å²) in [5.74, 6) is 8.08. The van der Waals surface area contributed by atoms with Gasteiger partial charge in [-0.2, -0.15) is 0 Å². The van der Waals surface area contributed by atoms with E-state index in [4.69, 9.17) is 0 Å². The average Bonchev–Trinajstić information content (AvgIpc) is 2.90. The van der Waals surface area contributed by atoms with Gasteiger partial charge < -0.3 is 0 Å². The molecule has 1 aliphatic carbocycles. The first kappa shape index (κ1) is 25.2. The van der Waals surface area contributed by atoms with Crippen molar-refractivity contribution >= 4 is 10.8 Å². The third-order valence-corrected chi connectivity index (χ3v) is 7.70. The van der Waals surface area contributed by atoms with Crippen molar-refractivity contribution in [3.05, 3.63) is 95.3 Å². The number of hydrogen-bond donors (Lipinski definition) is 0. The van der Waals surface area contributed by atoms with E-state index >= 15 is 0 Å². The third-order valence-electron chi connectivity index (χ3n) is 7.70. The summed E-state index contributed by atoms with van der Waals surface area (Å²) in [6.07, 6.45) is 15.3. The Kier molecular flexibility index (Phi) is 9.19. The molecule has 0 nitrogen and oxygen atoms in total. The Bertz CT molecular complexity index is 1170. The number of unbranched alkanes of at least 4 members (excludes halogenated alkanes) is 3. The number of benzene rings is 3. The number of allylic oxidation sites excluding steroid dienone is 1. The Morgan fingerprint density at radius 3 is 2.34 bits per heavy atom. The molecule has 0 heterocycles. The van der Waals surface area contributed by atoms with Crippen LogP contribution >= 0.6 is 0 Å². The van der Waals surface area contributed by atoms with E-state index in [0.717, 1.165) is 53.2 Å². The van der Waals surface area contributed by atoms with E-state index in [1.165, 1.54) is 56.9 Å². The lowest BCUT2D eigenvalue weighted by Gasteiger charge is -2.26. The van der Waals surface area contributed by atoms with Crippen molar-refractivity contribution in [2.24, 2.45) is 11.8 Å². The summed E-state index contributed by atoms with van der Waals surface area (Å²) in [5.41, 5.74) is 4.17. The first-order valence-electron chi connectivity index (χ1n) is 13.6. The topological polar surface area (TPSA) is 0 Å². The molecule has 1 aliphatic rings. The van der Waals surface area contributed by atoms with E-state index in [0.29, 0.717) is 5.39 Å². The van der Waals surface area contributed by atoms with Crippen LogP contribution in [0.4, 0.5) is 4.39 Å². The van der Waals surface area contributed by atoms with E-state index in [-0.39, 0.29) is 5.82 Å². The van der Waals surface area contributed by atoms with E-state index < -0.39 is 0 Å². The van der Waals surface area contributed by atoms with Gasteiger partial charge in [0.25, 0.3) is 0 Å². The molecule has 0 atom stereocenters. The lowest BCUT2D eigenvalue weighted by atomic mass is 9.79. The molecule has 1 fully saturated rings. The predicted octanol–water partition coefficient (Wildman–Crippen LogP) is 9.43. The third kappa shape index (κ3) is 7.08. The maximum Gasteiger partial charge on any atom is 0.134 e. The van der Waals surface area contributed by atoms with Gasteiger partial charge in [0.1, 0.15) is 5.82 Å². The number of hydrogen-bond acceptors (Lipinski definition) is 0. The summed E-state index contributed by atoms with van der Waals surface area (Å²) in [5, 5.41) is 1.62. The van der Waals surface area contributed by atoms with Crippen LogP contribution in [0, 0.1) is 29.5 Å². The Balaban J connectivity index is 1.34. The van der Waals surface area contributed by atoms with E-state index in [9.17, 15) is 4.39 Å². The summed E-state index contributed by atoms with van der Waals surface area (Å²) in [6, 6.07) is 18.5. The zero-order valence-electron chi connectivity index (χ0n) is 21.3. The molecule has 182 valence electrons. The van der Waals surface area contributed by atoms with Crippen LogP contribution < -0.4 is 0 Å². The molecule has 1 heteroatoms. The van der Waals surface area contributed by atoms with Crippen LogP contribution in [-0.2, 0) is 12.8 Å². The minimum Gasteiger partial charge on any atom is -0.206 e. The second kappa shape index (κ2) is 12.7. The van der Waals surface area contributed by atoms with Crippen molar-refractivity contribution in [1.82, 2.24) is 0 Å². The van der Waals surface area contributed by atoms with Crippen molar-refractivity contribution in [2.45, 2.75) is 77.6 Å². The molecule has 1 saturated carbocycles. The summed E-state index contributed by atoms with van der Waals surface area (Å²) in [6.45, 7) is 6.15. The maximum absolute atomic E-state index is 15.0. The number of rotatable bonds is 9. The number of aryl methyl sites for hydroxylation is 2. The molecular formula is C34H39F. The van der Waals surface area contributed by atoms with Crippen molar-refractivity contribution in [1.29, 1.82) is 0 Å². The van der Waals surface area contributed by atoms with Gasteiger partial charge in [-0.05, 0) is 104 Å². The van der Waals surface area contributed by atoms with Gasteiger partial charge in [0.15, 0.2) is 0 Å². The van der Waals surface area contributed by atoms with Crippen molar-refractivity contribution in [3.8, 4) is 11.8 Å². The zero-order chi connectivity index (χ0) is 24.5. The fourth-order valence-corrected chi connectivity index (χ4v) is 5.33. The molecule has 0 unspecified atom stereocenters. The average molecular weight is 467 g/mol. The molecule has 0 bridgehead atoms. The molecule has 0 saturated heterocycles. The van der Waals surface area contributed by atoms with Gasteiger partial charge in [-0.25, -0.2) is 4.39 Å². The normalized spacial score (nSPS) is 17.7. The predicted molar refractivity (Wildman–Crippen MR) is 148 cm³/mol. The fraction of sp³-hybridized carbons (Fsp3) is 0.412. The summed E-state index contributed by atoms with van der Waals surface area (Å²) < 4.78 is 15.0. The maximum atomic E-state index is 15.0. The zero-order valence-corrected chi connectivity index (χ0v) is 21.3. The monoisotopic (exact) mass is 466 g/mol. The molecule has 3 aromatic rings. The quantitative estimate of drug-likeness (QED) is 0.167. The first-order valence-corrected chi connectivity index (χ1v) is 13.6. The van der Waals surface area contributed by atoms with Gasteiger partial charge in [0.05, 0.1) is 0 Å². The molecule has 4 rings (SSSR count). The summed E-state index contributed by atoms with van der Waals surface area (Å²) >= 11 is 0. The van der Waals surface area contributed by atoms with Crippen LogP contribution in [0.2, 0.25) is 0 Å². The smallest absolute Gasteiger partial charge is 0.134 e. The molecule has 0 aromatic heterocycles. The van der Waals surface area contributed by atoms with Crippen molar-refractivity contribution in [2.75, 3.05) is 0 Å². The minimum absolute atomic E-state index is 0.0668. The highest BCUT2D eigenvalue weighted by Gasteiger charge is 2.18. The highest BCUT2D eigenvalue weighted by Crippen LogP contribution is 2.32. The van der Waals surface area contributed by atoms with E-state index in [1.54, 1.807) is 0 Å². The highest BCUT2D eigenvalue weighted by atomic mass is 19.1. The summed E-state index contributed by atoms with van der Waals surface area (Å²) in [4.78, 5) is 0. The van der Waals surface area contributed by atoms with Crippen molar-refractivity contribution < 1.29 is 4.39 Å². The lowest BCUT2D eigenvalue weighted by molar-refractivity contribution is 0.296. The van der Waals surface area contributed by atoms with Gasteiger partial charge in [0.2, 0.25) is 0 Å². The Labute approximate surface area is 211 Å². The molecule has 0 aliphatic heterocycles. The lowest BCUT2D eigenvalue weighted by Crippen LogP contribution is -2.13. The van der Waals surface area contributed by atoms with Crippen LogP contribution in [-0.4, -0.2) is 0 Å². The Morgan fingerprint density at radius 1 is 0.857 bits per heavy atom. The molecular weight excluding hydrogens is 427 g/mol. The molecule has 0 N–H and O–H groups in total. The molecule has 0 amide bonds. The number of halogens is 1. The van der Waals surface area contributed by atoms with Gasteiger partial charge in [0, 0.05) is 16.5 Å². The molecule has 0 spiro atoms. The van der Waals surface area contributed by atoms with Crippen LogP contribution in [0.25, 0.3) is 10.8 Å². The van der Waals surface area contributed by atoms with Gasteiger partial charge in [-0.1, -0.05) is 74.4 Å². The summed E-state index contributed by atoms with van der Waals surface area (Å²) in [7, 11) is 0. The minimum atomic E-state index is -0.0668. The second-order valence-electron chi connectivity index (χ2n) is 10.3. The molecule has 0 radical (unpaired) electrons. The van der Waals surface area contributed by atoms with Crippen LogP contribution in [0.5, 0.6) is 0 Å². The standard InChI is InChI=1S/C34H39F/c1-3-5-6-7-8-31-22-23-32-25-30(21-24-33(32)34(31)35)20-19-29-17-15-28(16-18-29)14-13-27-11-9-26(4-2)10-12-27/h4,15-18,21-27H,2-3,5-14H2,1H3.